The zero-order chi connectivity index (χ0) is 17.7. The highest BCUT2D eigenvalue weighted by Crippen LogP contribution is 2.41. The van der Waals surface area contributed by atoms with Gasteiger partial charge in [0.05, 0.1) is 32.6 Å². The molecule has 0 radical (unpaired) electrons. The lowest BCUT2D eigenvalue weighted by atomic mass is 10.0. The number of H-pyrrole nitrogens is 3. The van der Waals surface area contributed by atoms with E-state index in [-0.39, 0.29) is 28.3 Å². The summed E-state index contributed by atoms with van der Waals surface area (Å²) in [5, 5.41) is 0.998. The van der Waals surface area contributed by atoms with Crippen LogP contribution in [0, 0.1) is 0 Å². The fraction of sp³-hybridized carbons (Fsp3) is 0.0588. The molecule has 9 nitrogen and oxygen atoms in total. The number of ether oxygens (including phenoxy) is 2. The van der Waals surface area contributed by atoms with Crippen molar-refractivity contribution < 1.29 is 9.47 Å². The molecule has 4 heterocycles. The number of hydrogen-bond acceptors (Lipinski definition) is 6. The van der Waals surface area contributed by atoms with Crippen LogP contribution in [0.2, 0.25) is 0 Å². The van der Waals surface area contributed by atoms with Crippen LogP contribution >= 0.6 is 0 Å². The van der Waals surface area contributed by atoms with Gasteiger partial charge in [-0.15, -0.1) is 0 Å². The third-order valence-electron chi connectivity index (χ3n) is 4.90. The van der Waals surface area contributed by atoms with Gasteiger partial charge >= 0.3 is 0 Å². The van der Waals surface area contributed by atoms with Gasteiger partial charge < -0.3 is 14.5 Å². The molecule has 3 aromatic heterocycles. The van der Waals surface area contributed by atoms with Gasteiger partial charge in [-0.1, -0.05) is 0 Å². The number of aromatic amines is 3. The first-order valence-corrected chi connectivity index (χ1v) is 7.71. The van der Waals surface area contributed by atoms with Crippen molar-refractivity contribution in [1.29, 1.82) is 0 Å². The Morgan fingerprint density at radius 3 is 1.88 bits per heavy atom. The van der Waals surface area contributed by atoms with Crippen molar-refractivity contribution in [2.75, 3.05) is 6.79 Å². The summed E-state index contributed by atoms with van der Waals surface area (Å²) in [5.41, 5.74) is -1.69. The van der Waals surface area contributed by atoms with Crippen LogP contribution in [-0.2, 0) is 0 Å². The van der Waals surface area contributed by atoms with Gasteiger partial charge in [0, 0.05) is 16.8 Å². The molecule has 3 N–H and O–H groups in total. The highest BCUT2D eigenvalue weighted by molar-refractivity contribution is 6.31. The van der Waals surface area contributed by atoms with Crippen LogP contribution in [-0.4, -0.2) is 21.7 Å². The van der Waals surface area contributed by atoms with E-state index in [0.717, 1.165) is 0 Å². The predicted octanol–water partition coefficient (Wildman–Crippen LogP) is 0.329. The summed E-state index contributed by atoms with van der Waals surface area (Å²) in [6.45, 7) is 0.0866. The van der Waals surface area contributed by atoms with Gasteiger partial charge in [0.25, 0.3) is 22.2 Å². The second kappa shape index (κ2) is 4.02. The summed E-state index contributed by atoms with van der Waals surface area (Å²) in [6.07, 6.45) is 0. The Kier molecular flexibility index (Phi) is 2.07. The molecule has 26 heavy (non-hydrogen) atoms. The Hall–Kier alpha value is -3.88. The van der Waals surface area contributed by atoms with Crippen LogP contribution in [0.4, 0.5) is 0 Å². The lowest BCUT2D eigenvalue weighted by Gasteiger charge is -1.97. The van der Waals surface area contributed by atoms with Gasteiger partial charge in [0.1, 0.15) is 0 Å². The molecule has 0 atom stereocenters. The van der Waals surface area contributed by atoms with Crippen molar-refractivity contribution in [3.63, 3.8) is 0 Å². The number of aromatic nitrogens is 3. The monoisotopic (exact) mass is 349 g/mol. The predicted molar refractivity (Wildman–Crippen MR) is 93.1 cm³/mol. The van der Waals surface area contributed by atoms with Crippen molar-refractivity contribution in [3.8, 4) is 11.5 Å². The molecule has 0 bridgehead atoms. The maximum atomic E-state index is 12.4. The molecule has 1 aliphatic heterocycles. The minimum absolute atomic E-state index is 0.0618. The van der Waals surface area contributed by atoms with E-state index < -0.39 is 22.2 Å². The first kappa shape index (κ1) is 13.4. The Balaban J connectivity index is 2.07. The molecule has 5 aromatic rings. The lowest BCUT2D eigenvalue weighted by molar-refractivity contribution is 0.174. The van der Waals surface area contributed by atoms with E-state index in [0.29, 0.717) is 33.3 Å². The molecule has 1 aliphatic rings. The summed E-state index contributed by atoms with van der Waals surface area (Å²) >= 11 is 0. The van der Waals surface area contributed by atoms with Crippen molar-refractivity contribution in [1.82, 2.24) is 15.0 Å². The molecule has 2 aromatic carbocycles. The first-order valence-electron chi connectivity index (χ1n) is 7.71. The minimum atomic E-state index is -0.694. The molecule has 0 saturated carbocycles. The van der Waals surface area contributed by atoms with Crippen LogP contribution in [0.1, 0.15) is 0 Å². The van der Waals surface area contributed by atoms with Gasteiger partial charge in [-0.25, -0.2) is 0 Å². The van der Waals surface area contributed by atoms with Crippen molar-refractivity contribution in [3.05, 3.63) is 53.5 Å². The fourth-order valence-electron chi connectivity index (χ4n) is 3.90. The summed E-state index contributed by atoms with van der Waals surface area (Å²) in [7, 11) is 0. The van der Waals surface area contributed by atoms with Gasteiger partial charge in [0.15, 0.2) is 11.5 Å². The number of hydrogen-bond donors (Lipinski definition) is 3. The molecule has 9 heteroatoms. The van der Waals surface area contributed by atoms with E-state index in [1.165, 1.54) is 0 Å². The topological polar surface area (TPSA) is 134 Å². The highest BCUT2D eigenvalue weighted by atomic mass is 16.7. The van der Waals surface area contributed by atoms with E-state index in [9.17, 15) is 19.2 Å². The van der Waals surface area contributed by atoms with Crippen LogP contribution in [0.5, 0.6) is 11.5 Å². The average Bonchev–Trinajstić information content (AvgIpc) is 3.31. The standard InChI is InChI=1S/C17H7N3O6/c21-14-9-8-4-1-6-7(26-3-25-6)2-5(4)18-13(8)12-11(10(9)15(22)19-14)16(23)20-17(12)24/h1-2,18H,3H2,(H,19,21,22)(H,20,23,24). The second-order valence-corrected chi connectivity index (χ2v) is 6.19. The van der Waals surface area contributed by atoms with Gasteiger partial charge in [-0.05, 0) is 6.07 Å². The molecule has 0 amide bonds. The largest absolute Gasteiger partial charge is 0.454 e. The van der Waals surface area contributed by atoms with Gasteiger partial charge in [-0.2, -0.15) is 0 Å². The van der Waals surface area contributed by atoms with E-state index in [1.54, 1.807) is 12.1 Å². The number of nitrogens with one attached hydrogen (secondary N) is 3. The lowest BCUT2D eigenvalue weighted by Crippen LogP contribution is -2.08. The summed E-state index contributed by atoms with van der Waals surface area (Å²) in [6, 6.07) is 3.38. The Morgan fingerprint density at radius 2 is 1.19 bits per heavy atom. The van der Waals surface area contributed by atoms with Crippen LogP contribution in [0.3, 0.4) is 0 Å². The Labute approximate surface area is 140 Å². The van der Waals surface area contributed by atoms with Crippen LogP contribution in [0.25, 0.3) is 43.4 Å². The number of fused-ring (bicyclic) bond motifs is 9. The smallest absolute Gasteiger partial charge is 0.261 e. The third kappa shape index (κ3) is 1.34. The molecule has 0 saturated heterocycles. The molecule has 0 spiro atoms. The zero-order valence-corrected chi connectivity index (χ0v) is 12.8. The van der Waals surface area contributed by atoms with Crippen molar-refractivity contribution in [2.45, 2.75) is 0 Å². The summed E-state index contributed by atoms with van der Waals surface area (Å²) in [5.74, 6) is 1.02. The van der Waals surface area contributed by atoms with Crippen LogP contribution in [0.15, 0.2) is 31.3 Å². The molecule has 6 rings (SSSR count). The molecular weight excluding hydrogens is 342 g/mol. The normalized spacial score (nSPS) is 13.7. The fourth-order valence-corrected chi connectivity index (χ4v) is 3.90. The summed E-state index contributed by atoms with van der Waals surface area (Å²) in [4.78, 5) is 56.8. The number of benzene rings is 2. The minimum Gasteiger partial charge on any atom is -0.454 e. The van der Waals surface area contributed by atoms with Gasteiger partial charge in [0.2, 0.25) is 6.79 Å². The highest BCUT2D eigenvalue weighted by Gasteiger charge is 2.25. The molecule has 0 aliphatic carbocycles. The quantitative estimate of drug-likeness (QED) is 0.369. The van der Waals surface area contributed by atoms with Crippen LogP contribution < -0.4 is 31.7 Å². The number of rotatable bonds is 0. The average molecular weight is 349 g/mol. The SMILES string of the molecule is O=c1[nH]c(=O)c2c1c1[nH]c3cc4c(cc3c1c1c(=O)[nH]c(=O)c21)OCO4. The van der Waals surface area contributed by atoms with E-state index in [1.807, 2.05) is 0 Å². The molecule has 0 unspecified atom stereocenters. The maximum absolute atomic E-state index is 12.4. The first-order chi connectivity index (χ1) is 12.5. The Bertz CT molecular complexity index is 1640. The maximum Gasteiger partial charge on any atom is 0.261 e. The van der Waals surface area contributed by atoms with Crippen molar-refractivity contribution >= 4 is 43.4 Å². The van der Waals surface area contributed by atoms with Crippen molar-refractivity contribution in [2.24, 2.45) is 0 Å². The van der Waals surface area contributed by atoms with E-state index in [2.05, 4.69) is 15.0 Å². The summed E-state index contributed by atoms with van der Waals surface area (Å²) < 4.78 is 10.7. The second-order valence-electron chi connectivity index (χ2n) is 6.19. The molecular formula is C17H7N3O6. The Morgan fingerprint density at radius 1 is 0.654 bits per heavy atom. The zero-order valence-electron chi connectivity index (χ0n) is 12.8. The molecule has 0 fully saturated rings. The third-order valence-corrected chi connectivity index (χ3v) is 4.90. The van der Waals surface area contributed by atoms with E-state index >= 15 is 0 Å². The van der Waals surface area contributed by atoms with Gasteiger partial charge in [-0.3, -0.25) is 29.1 Å². The molecule has 126 valence electrons. The van der Waals surface area contributed by atoms with E-state index in [4.69, 9.17) is 9.47 Å².